The summed E-state index contributed by atoms with van der Waals surface area (Å²) in [6.07, 6.45) is 0. The molecule has 1 saturated heterocycles. The Labute approximate surface area is 199 Å². The van der Waals surface area contributed by atoms with Gasteiger partial charge in [0.1, 0.15) is 23.8 Å². The fraction of sp³-hybridized carbons (Fsp3) is 0.375. The third-order valence-corrected chi connectivity index (χ3v) is 7.89. The van der Waals surface area contributed by atoms with Gasteiger partial charge >= 0.3 is 5.97 Å². The molecule has 0 saturated carbocycles. The number of carboxylic acids is 1. The second-order valence-electron chi connectivity index (χ2n) is 6.82. The summed E-state index contributed by atoms with van der Waals surface area (Å²) < 4.78 is 1.63. The smallest absolute Gasteiger partial charge is 0.352 e. The molecule has 2 amide bonds. The van der Waals surface area contributed by atoms with E-state index in [0.717, 1.165) is 16.9 Å². The largest absolute Gasteiger partial charge is 0.477 e. The number of anilines is 1. The Bertz CT molecular complexity index is 1060. The van der Waals surface area contributed by atoms with Crippen molar-refractivity contribution >= 4 is 75.1 Å². The highest BCUT2D eigenvalue weighted by molar-refractivity contribution is 8.00. The molecule has 1 unspecified atom stereocenters. The Kier molecular flexibility index (Phi) is 6.50. The number of carboxylic acid groups (broad SMARTS) is 1. The van der Waals surface area contributed by atoms with Crippen molar-refractivity contribution in [1.82, 2.24) is 24.6 Å². The minimum Gasteiger partial charge on any atom is -0.477 e. The van der Waals surface area contributed by atoms with Gasteiger partial charge < -0.3 is 16.2 Å². The van der Waals surface area contributed by atoms with Crippen LogP contribution in [-0.4, -0.2) is 78.8 Å². The zero-order valence-corrected chi connectivity index (χ0v) is 19.7. The number of hydrogen-bond donors (Lipinski definition) is 3. The fourth-order valence-corrected chi connectivity index (χ4v) is 6.34. The Hall–Kier alpha value is -2.49. The Morgan fingerprint density at radius 1 is 1.47 bits per heavy atom. The predicted molar refractivity (Wildman–Crippen MR) is 122 cm³/mol. The van der Waals surface area contributed by atoms with Crippen LogP contribution in [0.2, 0.25) is 0 Å². The Morgan fingerprint density at radius 2 is 2.25 bits per heavy atom. The average molecular weight is 517 g/mol. The van der Waals surface area contributed by atoms with E-state index in [0.29, 0.717) is 29.4 Å². The molecule has 1 aromatic rings. The molecule has 0 spiro atoms. The zero-order valence-electron chi connectivity index (χ0n) is 16.5. The van der Waals surface area contributed by atoms with E-state index in [1.807, 2.05) is 0 Å². The van der Waals surface area contributed by atoms with Gasteiger partial charge in [-0.15, -0.1) is 23.1 Å². The molecule has 170 valence electrons. The number of nitrogens with zero attached hydrogens (tertiary/aromatic N) is 6. The number of hydrogen-bond acceptors (Lipinski definition) is 12. The van der Waals surface area contributed by atoms with Crippen molar-refractivity contribution in [3.63, 3.8) is 0 Å². The van der Waals surface area contributed by atoms with E-state index < -0.39 is 29.2 Å². The summed E-state index contributed by atoms with van der Waals surface area (Å²) in [5, 5.41) is 23.2. The lowest BCUT2D eigenvalue weighted by Crippen LogP contribution is -2.70. The molecule has 1 aromatic heterocycles. The number of nitrogens with one attached hydrogen (secondary N) is 1. The highest BCUT2D eigenvalue weighted by atomic mass is 35.5. The van der Waals surface area contributed by atoms with E-state index in [1.54, 1.807) is 21.9 Å². The number of halogens is 1. The third kappa shape index (κ3) is 4.24. The monoisotopic (exact) mass is 516 g/mol. The van der Waals surface area contributed by atoms with Gasteiger partial charge in [0.15, 0.2) is 5.13 Å². The van der Waals surface area contributed by atoms with Crippen LogP contribution in [0, 0.1) is 0 Å². The number of thiazole rings is 1. The molecule has 0 aromatic carbocycles. The van der Waals surface area contributed by atoms with Crippen molar-refractivity contribution in [2.45, 2.75) is 11.4 Å². The first-order valence-electron chi connectivity index (χ1n) is 9.06. The van der Waals surface area contributed by atoms with Gasteiger partial charge in [-0.3, -0.25) is 19.5 Å². The first-order chi connectivity index (χ1) is 15.3. The Balaban J connectivity index is 1.45. The molecular weight excluding hydrogens is 500 g/mol. The second-order valence-corrected chi connectivity index (χ2v) is 10.00. The number of nitrogens with two attached hydrogens (primary N) is 1. The number of carbonyl (C=O) groups is 3. The van der Waals surface area contributed by atoms with Gasteiger partial charge in [-0.25, -0.2) is 9.78 Å². The van der Waals surface area contributed by atoms with E-state index in [2.05, 4.69) is 20.7 Å². The first kappa shape index (κ1) is 22.7. The molecule has 3 aliphatic rings. The molecule has 0 radical (unpaired) electrons. The molecule has 0 aliphatic carbocycles. The minimum absolute atomic E-state index is 0.0541. The van der Waals surface area contributed by atoms with Gasteiger partial charge in [0.2, 0.25) is 0 Å². The second kappa shape index (κ2) is 9.17. The van der Waals surface area contributed by atoms with E-state index in [4.69, 9.17) is 17.3 Å². The lowest BCUT2D eigenvalue weighted by Gasteiger charge is -2.49. The molecule has 3 aliphatic heterocycles. The van der Waals surface area contributed by atoms with Crippen molar-refractivity contribution in [1.29, 1.82) is 0 Å². The molecule has 0 bridgehead atoms. The topological polar surface area (TPSA) is 157 Å². The molecule has 4 heterocycles. The van der Waals surface area contributed by atoms with Crippen LogP contribution in [0.25, 0.3) is 5.57 Å². The number of rotatable bonds is 7. The highest BCUT2D eigenvalue weighted by Crippen LogP contribution is 2.41. The van der Waals surface area contributed by atoms with E-state index >= 15 is 0 Å². The Morgan fingerprint density at radius 3 is 2.84 bits per heavy atom. The van der Waals surface area contributed by atoms with E-state index in [9.17, 15) is 19.5 Å². The van der Waals surface area contributed by atoms with Crippen LogP contribution >= 0.6 is 46.6 Å². The van der Waals surface area contributed by atoms with Crippen LogP contribution in [0.4, 0.5) is 5.13 Å². The fourth-order valence-electron chi connectivity index (χ4n) is 3.21. The van der Waals surface area contributed by atoms with Crippen LogP contribution in [0.1, 0.15) is 5.69 Å². The number of β-lactam (4-membered cyclic amide) rings is 1. The highest BCUT2D eigenvalue weighted by Gasteiger charge is 2.54. The van der Waals surface area contributed by atoms with Gasteiger partial charge in [0.05, 0.1) is 11.3 Å². The molecule has 2 atom stereocenters. The van der Waals surface area contributed by atoms with Crippen molar-refractivity contribution in [3.05, 3.63) is 27.9 Å². The van der Waals surface area contributed by atoms with Crippen molar-refractivity contribution in [2.24, 2.45) is 10.4 Å². The molecule has 12 nitrogen and oxygen atoms in total. The van der Waals surface area contributed by atoms with Gasteiger partial charge in [-0.05, 0) is 22.7 Å². The lowest BCUT2D eigenvalue weighted by molar-refractivity contribution is -0.150. The average Bonchev–Trinajstić information content (AvgIpc) is 3.38. The van der Waals surface area contributed by atoms with E-state index in [-0.39, 0.29) is 16.4 Å². The summed E-state index contributed by atoms with van der Waals surface area (Å²) >= 11 is 9.65. The summed E-state index contributed by atoms with van der Waals surface area (Å²) in [7, 11) is 1.77. The third-order valence-electron chi connectivity index (χ3n) is 4.69. The van der Waals surface area contributed by atoms with Crippen LogP contribution < -0.4 is 11.1 Å². The summed E-state index contributed by atoms with van der Waals surface area (Å²) in [5.74, 6) is -1.53. The molecule has 1 fully saturated rings. The van der Waals surface area contributed by atoms with Gasteiger partial charge in [-0.2, -0.15) is 4.41 Å². The normalized spacial score (nSPS) is 22.9. The minimum atomic E-state index is -1.19. The van der Waals surface area contributed by atoms with Crippen molar-refractivity contribution < 1.29 is 19.5 Å². The number of aliphatic carboxylic acids is 1. The van der Waals surface area contributed by atoms with Crippen molar-refractivity contribution in [3.8, 4) is 0 Å². The van der Waals surface area contributed by atoms with Gasteiger partial charge in [-0.1, -0.05) is 16.8 Å². The maximum atomic E-state index is 12.8. The quantitative estimate of drug-likeness (QED) is 0.273. The lowest BCUT2D eigenvalue weighted by atomic mass is 10.0. The summed E-state index contributed by atoms with van der Waals surface area (Å²) in [5.41, 5.74) is 7.60. The molecule has 16 heteroatoms. The van der Waals surface area contributed by atoms with Crippen LogP contribution in [0.5, 0.6) is 0 Å². The van der Waals surface area contributed by atoms with Gasteiger partial charge in [0, 0.05) is 29.5 Å². The predicted octanol–water partition coefficient (Wildman–Crippen LogP) is 1.18. The summed E-state index contributed by atoms with van der Waals surface area (Å²) in [4.78, 5) is 42.7. The number of fused-ring (bicyclic) bond motifs is 1. The van der Waals surface area contributed by atoms with Crippen LogP contribution in [0.3, 0.4) is 0 Å². The summed E-state index contributed by atoms with van der Waals surface area (Å²) in [6.45, 7) is 0.480. The van der Waals surface area contributed by atoms with Gasteiger partial charge in [0.25, 0.3) is 11.8 Å². The molecular formula is C16H17ClN8O4S3. The maximum Gasteiger partial charge on any atom is 0.352 e. The molecule has 4 rings (SSSR count). The maximum absolute atomic E-state index is 12.8. The number of thioether (sulfide) groups is 1. The SMILES string of the molecule is CN1CN(SCC2=C(C(=O)O)N3C(=O)C(NC(=O)C(=CCl)c4csc(N)n4)[C@H]3SC2)N=N1. The first-order valence-corrected chi connectivity index (χ1v) is 12.4. The van der Waals surface area contributed by atoms with Crippen molar-refractivity contribution in [2.75, 3.05) is 31.0 Å². The standard InChI is InChI=1S/C16H17ClN8O4S3/c1-23-6-24(22-21-23)32-4-7-3-30-14-10(13(27)25(14)11(7)15(28)29)20-12(26)8(2-17)9-5-31-16(18)19-9/h2,5,10,14H,3-4,6H2,1H3,(H2,18,19)(H,20,26)(H,28,29)/t10?,14-/m1/s1. The number of amides is 2. The molecule has 4 N–H and O–H groups in total. The zero-order chi connectivity index (χ0) is 23.0. The molecule has 32 heavy (non-hydrogen) atoms. The van der Waals surface area contributed by atoms with E-state index in [1.165, 1.54) is 28.6 Å². The van der Waals surface area contributed by atoms with Crippen LogP contribution in [0.15, 0.2) is 32.6 Å². The number of carbonyl (C=O) groups excluding carboxylic acids is 2. The number of aromatic nitrogens is 1. The number of nitrogen functional groups attached to an aromatic ring is 1. The van der Waals surface area contributed by atoms with Crippen LogP contribution in [-0.2, 0) is 14.4 Å². The summed E-state index contributed by atoms with van der Waals surface area (Å²) in [6, 6.07) is -0.875.